The number of ether oxygens (including phenoxy) is 1. The normalized spacial score (nSPS) is 15.4. The van der Waals surface area contributed by atoms with Crippen LogP contribution in [0.3, 0.4) is 0 Å². The average molecular weight is 480 g/mol. The molecule has 4 aromatic rings. The van der Waals surface area contributed by atoms with Crippen molar-refractivity contribution >= 4 is 45.4 Å². The third kappa shape index (κ3) is 4.93. The van der Waals surface area contributed by atoms with Gasteiger partial charge in [0, 0.05) is 11.1 Å². The number of carbonyl (C=O) groups excluding carboxylic acids is 1. The number of fused-ring (bicyclic) bond motifs is 1. The number of amides is 1. The number of carbonyl (C=O) groups is 1. The number of nitrogens with one attached hydrogen (secondary N) is 1. The van der Waals surface area contributed by atoms with Gasteiger partial charge in [-0.15, -0.1) is 0 Å². The fraction of sp³-hybridized carbons (Fsp3) is 0.0357. The van der Waals surface area contributed by atoms with Crippen LogP contribution in [0.25, 0.3) is 16.8 Å². The van der Waals surface area contributed by atoms with Crippen molar-refractivity contribution in [2.45, 2.75) is 6.61 Å². The van der Waals surface area contributed by atoms with E-state index < -0.39 is 0 Å². The maximum atomic E-state index is 13.2. The van der Waals surface area contributed by atoms with E-state index in [-0.39, 0.29) is 18.3 Å². The summed E-state index contributed by atoms with van der Waals surface area (Å²) in [6.07, 6.45) is 1.79. The van der Waals surface area contributed by atoms with Crippen molar-refractivity contribution in [1.82, 2.24) is 5.32 Å². The van der Waals surface area contributed by atoms with Gasteiger partial charge in [0.05, 0.1) is 22.2 Å². The molecule has 0 bridgehead atoms. The van der Waals surface area contributed by atoms with Crippen molar-refractivity contribution in [1.29, 1.82) is 5.26 Å². The highest BCUT2D eigenvalue weighted by Crippen LogP contribution is 2.35. The largest absolute Gasteiger partial charge is 0.488 e. The summed E-state index contributed by atoms with van der Waals surface area (Å²) in [5.74, 6) is -0.0237. The Kier molecular flexibility index (Phi) is 6.29. The lowest BCUT2D eigenvalue weighted by Gasteiger charge is -2.13. The van der Waals surface area contributed by atoms with Crippen molar-refractivity contribution in [3.05, 3.63) is 112 Å². The molecule has 1 fully saturated rings. The Hall–Kier alpha value is -4.41. The Morgan fingerprint density at radius 2 is 1.77 bits per heavy atom. The average Bonchev–Trinajstić information content (AvgIpc) is 3.23. The highest BCUT2D eigenvalue weighted by atomic mass is 32.2. The van der Waals surface area contributed by atoms with Crippen molar-refractivity contribution < 1.29 is 13.9 Å². The fourth-order valence-electron chi connectivity index (χ4n) is 3.71. The minimum absolute atomic E-state index is 0.217. The first kappa shape index (κ1) is 22.4. The second-order valence-electron chi connectivity index (χ2n) is 7.71. The molecule has 4 aromatic carbocycles. The molecule has 7 heteroatoms. The van der Waals surface area contributed by atoms with E-state index in [0.29, 0.717) is 27.1 Å². The lowest BCUT2D eigenvalue weighted by atomic mass is 10.0. The van der Waals surface area contributed by atoms with Gasteiger partial charge in [0.25, 0.3) is 5.91 Å². The molecule has 0 radical (unpaired) electrons. The van der Waals surface area contributed by atoms with E-state index in [1.807, 2.05) is 54.6 Å². The van der Waals surface area contributed by atoms with Crippen LogP contribution in [0.1, 0.15) is 16.7 Å². The fourth-order valence-corrected chi connectivity index (χ4v) is 4.53. The van der Waals surface area contributed by atoms with Crippen LogP contribution < -0.4 is 10.1 Å². The third-order valence-corrected chi connectivity index (χ3v) is 6.35. The number of benzene rings is 4. The van der Waals surface area contributed by atoms with Gasteiger partial charge < -0.3 is 10.1 Å². The Morgan fingerprint density at radius 1 is 1.00 bits per heavy atom. The highest BCUT2D eigenvalue weighted by Gasteiger charge is 2.25. The van der Waals surface area contributed by atoms with E-state index in [1.54, 1.807) is 24.3 Å². The standard InChI is InChI=1S/C28H18FN3O2S/c29-21-10-12-22(13-11-21)31-28-32-27(33)26(35-28)15-24-23-8-4-3-5-18(23)9-14-25(24)34-17-20-7-2-1-6-19(20)16-30/h1-15H,17H2,(H,31,32,33)/b26-15+. The molecule has 1 saturated heterocycles. The summed E-state index contributed by atoms with van der Waals surface area (Å²) >= 11 is 1.21. The molecule has 0 saturated carbocycles. The lowest BCUT2D eigenvalue weighted by Crippen LogP contribution is -2.19. The number of nitrogens with zero attached hydrogens (tertiary/aromatic N) is 2. The van der Waals surface area contributed by atoms with Crippen LogP contribution in [0.2, 0.25) is 0 Å². The zero-order chi connectivity index (χ0) is 24.2. The van der Waals surface area contributed by atoms with Gasteiger partial charge >= 0.3 is 0 Å². The topological polar surface area (TPSA) is 74.5 Å². The molecular weight excluding hydrogens is 461 g/mol. The minimum atomic E-state index is -0.349. The molecule has 5 nitrogen and oxygen atoms in total. The number of nitriles is 1. The van der Waals surface area contributed by atoms with Crippen LogP contribution in [0.4, 0.5) is 10.1 Å². The van der Waals surface area contributed by atoms with Crippen molar-refractivity contribution in [3.63, 3.8) is 0 Å². The molecule has 0 atom stereocenters. The molecule has 0 aromatic heterocycles. The summed E-state index contributed by atoms with van der Waals surface area (Å²) in [4.78, 5) is 17.6. The number of hydrogen-bond donors (Lipinski definition) is 1. The van der Waals surface area contributed by atoms with E-state index in [1.165, 1.54) is 23.9 Å². The van der Waals surface area contributed by atoms with Crippen LogP contribution in [-0.2, 0) is 11.4 Å². The maximum absolute atomic E-state index is 13.2. The van der Waals surface area contributed by atoms with Crippen molar-refractivity contribution in [2.24, 2.45) is 4.99 Å². The molecule has 1 aliphatic heterocycles. The number of rotatable bonds is 5. The number of thioether (sulfide) groups is 1. The van der Waals surface area contributed by atoms with Gasteiger partial charge in [0.15, 0.2) is 5.17 Å². The predicted octanol–water partition coefficient (Wildman–Crippen LogP) is 6.32. The molecule has 170 valence electrons. The summed E-state index contributed by atoms with van der Waals surface area (Å²) in [6.45, 7) is 0.217. The monoisotopic (exact) mass is 479 g/mol. The number of hydrogen-bond acceptors (Lipinski definition) is 5. The maximum Gasteiger partial charge on any atom is 0.264 e. The Balaban J connectivity index is 1.49. The van der Waals surface area contributed by atoms with Crippen LogP contribution >= 0.6 is 11.8 Å². The molecule has 0 unspecified atom stereocenters. The zero-order valence-corrected chi connectivity index (χ0v) is 19.2. The molecule has 1 amide bonds. The van der Waals surface area contributed by atoms with Gasteiger partial charge in [0.1, 0.15) is 18.2 Å². The van der Waals surface area contributed by atoms with Gasteiger partial charge in [0.2, 0.25) is 0 Å². The van der Waals surface area contributed by atoms with Gasteiger partial charge in [-0.1, -0.05) is 48.5 Å². The van der Waals surface area contributed by atoms with E-state index in [0.717, 1.165) is 21.9 Å². The first-order valence-electron chi connectivity index (χ1n) is 10.8. The number of amidine groups is 1. The smallest absolute Gasteiger partial charge is 0.264 e. The van der Waals surface area contributed by atoms with Gasteiger partial charge in [-0.3, -0.25) is 4.79 Å². The second kappa shape index (κ2) is 9.84. The van der Waals surface area contributed by atoms with Crippen LogP contribution in [0.15, 0.2) is 94.8 Å². The Morgan fingerprint density at radius 3 is 2.60 bits per heavy atom. The second-order valence-corrected chi connectivity index (χ2v) is 8.74. The summed E-state index contributed by atoms with van der Waals surface area (Å²) in [5, 5.41) is 14.5. The molecule has 1 aliphatic rings. The zero-order valence-electron chi connectivity index (χ0n) is 18.4. The van der Waals surface area contributed by atoms with Gasteiger partial charge in [-0.25, -0.2) is 9.38 Å². The molecule has 0 spiro atoms. The van der Waals surface area contributed by atoms with Crippen LogP contribution in [0, 0.1) is 17.1 Å². The van der Waals surface area contributed by atoms with Crippen molar-refractivity contribution in [2.75, 3.05) is 0 Å². The lowest BCUT2D eigenvalue weighted by molar-refractivity contribution is -0.115. The van der Waals surface area contributed by atoms with E-state index in [9.17, 15) is 14.4 Å². The molecule has 35 heavy (non-hydrogen) atoms. The molecule has 0 aliphatic carbocycles. The SMILES string of the molecule is N#Cc1ccccc1COc1ccc2ccccc2c1/C=C1/SC(=Nc2ccc(F)cc2)NC1=O. The third-order valence-electron chi connectivity index (χ3n) is 5.44. The van der Waals surface area contributed by atoms with Crippen molar-refractivity contribution in [3.8, 4) is 11.8 Å². The first-order chi connectivity index (χ1) is 17.1. The van der Waals surface area contributed by atoms with E-state index in [2.05, 4.69) is 16.4 Å². The van der Waals surface area contributed by atoms with Gasteiger partial charge in [-0.2, -0.15) is 5.26 Å². The Labute approximate surface area is 205 Å². The number of halogens is 1. The summed E-state index contributed by atoms with van der Waals surface area (Å²) in [6, 6.07) is 26.9. The minimum Gasteiger partial charge on any atom is -0.488 e. The quantitative estimate of drug-likeness (QED) is 0.340. The highest BCUT2D eigenvalue weighted by molar-refractivity contribution is 8.18. The van der Waals surface area contributed by atoms with Crippen LogP contribution in [-0.4, -0.2) is 11.1 Å². The Bertz CT molecular complexity index is 1540. The summed E-state index contributed by atoms with van der Waals surface area (Å²) < 4.78 is 19.3. The molecule has 5 rings (SSSR count). The molecular formula is C28H18FN3O2S. The van der Waals surface area contributed by atoms with Crippen LogP contribution in [0.5, 0.6) is 5.75 Å². The summed E-state index contributed by atoms with van der Waals surface area (Å²) in [7, 11) is 0. The number of aliphatic imine (C=N–C) groups is 1. The molecule has 1 heterocycles. The molecule has 1 N–H and O–H groups in total. The van der Waals surface area contributed by atoms with Gasteiger partial charge in [-0.05, 0) is 65.0 Å². The predicted molar refractivity (Wildman–Crippen MR) is 137 cm³/mol. The van der Waals surface area contributed by atoms with E-state index in [4.69, 9.17) is 4.74 Å². The van der Waals surface area contributed by atoms with E-state index >= 15 is 0 Å². The first-order valence-corrected chi connectivity index (χ1v) is 11.6. The summed E-state index contributed by atoms with van der Waals surface area (Å²) in [5.41, 5.74) is 2.64.